The van der Waals surface area contributed by atoms with E-state index in [0.29, 0.717) is 22.2 Å². The van der Waals surface area contributed by atoms with Gasteiger partial charge in [0.25, 0.3) is 0 Å². The van der Waals surface area contributed by atoms with Crippen molar-refractivity contribution >= 4 is 32.5 Å². The lowest BCUT2D eigenvalue weighted by molar-refractivity contribution is 0.602. The molecular weight excluding hydrogens is 372 g/mol. The highest BCUT2D eigenvalue weighted by Crippen LogP contribution is 2.24. The van der Waals surface area contributed by atoms with E-state index >= 15 is 0 Å². The molecule has 0 amide bonds. The minimum atomic E-state index is -3.23. The standard InChI is InChI=1S/C18H13ClN4O2S/c1-26(24,25)13-5-2-11(3-6-13)16-9-20-10-17(21-16)18-22-14-7-4-12(19)8-15(14)23-18/h2-10H,1H3,(H,22,23). The third-order valence-electron chi connectivity index (χ3n) is 3.90. The van der Waals surface area contributed by atoms with Crippen molar-refractivity contribution < 1.29 is 8.42 Å². The number of rotatable bonds is 3. The number of halogens is 1. The molecule has 2 heterocycles. The number of nitrogens with zero attached hydrogens (tertiary/aromatic N) is 3. The molecule has 0 aliphatic heterocycles. The van der Waals surface area contributed by atoms with Gasteiger partial charge in [0.1, 0.15) is 5.69 Å². The van der Waals surface area contributed by atoms with Crippen molar-refractivity contribution in [3.63, 3.8) is 0 Å². The number of sulfone groups is 1. The van der Waals surface area contributed by atoms with Crippen LogP contribution < -0.4 is 0 Å². The second-order valence-electron chi connectivity index (χ2n) is 5.83. The van der Waals surface area contributed by atoms with E-state index in [9.17, 15) is 8.42 Å². The number of aromatic amines is 1. The summed E-state index contributed by atoms with van der Waals surface area (Å²) in [5.74, 6) is 0.587. The molecule has 1 N–H and O–H groups in total. The van der Waals surface area contributed by atoms with E-state index in [1.165, 1.54) is 6.26 Å². The van der Waals surface area contributed by atoms with Gasteiger partial charge in [-0.05, 0) is 30.3 Å². The SMILES string of the molecule is CS(=O)(=O)c1ccc(-c2cncc(-c3nc4ccc(Cl)cc4[nH]3)n2)cc1. The molecule has 4 aromatic rings. The smallest absolute Gasteiger partial charge is 0.175 e. The number of aromatic nitrogens is 4. The first-order chi connectivity index (χ1) is 12.4. The molecule has 0 atom stereocenters. The summed E-state index contributed by atoms with van der Waals surface area (Å²) in [6, 6.07) is 11.9. The zero-order valence-corrected chi connectivity index (χ0v) is 15.2. The van der Waals surface area contributed by atoms with Crippen LogP contribution in [0.1, 0.15) is 0 Å². The van der Waals surface area contributed by atoms with Crippen molar-refractivity contribution in [3.05, 3.63) is 59.9 Å². The topological polar surface area (TPSA) is 88.6 Å². The number of H-pyrrole nitrogens is 1. The maximum absolute atomic E-state index is 11.6. The van der Waals surface area contributed by atoms with Crippen LogP contribution in [0.4, 0.5) is 0 Å². The van der Waals surface area contributed by atoms with Gasteiger partial charge in [-0.1, -0.05) is 23.7 Å². The molecule has 6 nitrogen and oxygen atoms in total. The lowest BCUT2D eigenvalue weighted by Crippen LogP contribution is -1.97. The zero-order valence-electron chi connectivity index (χ0n) is 13.6. The van der Waals surface area contributed by atoms with Crippen LogP contribution in [-0.2, 0) is 9.84 Å². The third-order valence-corrected chi connectivity index (χ3v) is 5.26. The van der Waals surface area contributed by atoms with Crippen molar-refractivity contribution in [1.29, 1.82) is 0 Å². The maximum Gasteiger partial charge on any atom is 0.175 e. The largest absolute Gasteiger partial charge is 0.337 e. The Hall–Kier alpha value is -2.77. The minimum absolute atomic E-state index is 0.263. The van der Waals surface area contributed by atoms with E-state index < -0.39 is 9.84 Å². The van der Waals surface area contributed by atoms with Crippen molar-refractivity contribution in [2.24, 2.45) is 0 Å². The number of benzene rings is 2. The predicted octanol–water partition coefficient (Wildman–Crippen LogP) is 3.74. The molecular formula is C18H13ClN4O2S. The van der Waals surface area contributed by atoms with Crippen LogP contribution in [0.5, 0.6) is 0 Å². The quantitative estimate of drug-likeness (QED) is 0.581. The van der Waals surface area contributed by atoms with E-state index in [4.69, 9.17) is 11.6 Å². The van der Waals surface area contributed by atoms with Crippen molar-refractivity contribution in [2.45, 2.75) is 4.90 Å². The summed E-state index contributed by atoms with van der Waals surface area (Å²) in [5, 5.41) is 0.624. The van der Waals surface area contributed by atoms with Gasteiger partial charge in [-0.3, -0.25) is 4.98 Å². The van der Waals surface area contributed by atoms with Crippen LogP contribution in [0.15, 0.2) is 59.8 Å². The second-order valence-corrected chi connectivity index (χ2v) is 8.29. The Balaban J connectivity index is 1.74. The molecule has 0 aliphatic rings. The summed E-state index contributed by atoms with van der Waals surface area (Å²) in [7, 11) is -3.23. The normalized spacial score (nSPS) is 11.8. The molecule has 0 unspecified atom stereocenters. The summed E-state index contributed by atoms with van der Waals surface area (Å²) < 4.78 is 23.2. The summed E-state index contributed by atoms with van der Waals surface area (Å²) >= 11 is 6.01. The molecule has 26 heavy (non-hydrogen) atoms. The summed E-state index contributed by atoms with van der Waals surface area (Å²) in [4.78, 5) is 16.8. The fourth-order valence-electron chi connectivity index (χ4n) is 2.60. The van der Waals surface area contributed by atoms with E-state index in [1.807, 2.05) is 6.07 Å². The Kier molecular flexibility index (Phi) is 3.97. The highest BCUT2D eigenvalue weighted by Gasteiger charge is 2.11. The number of hydrogen-bond donors (Lipinski definition) is 1. The molecule has 0 spiro atoms. The Labute approximate surface area is 154 Å². The van der Waals surface area contributed by atoms with Gasteiger partial charge in [0.05, 0.1) is 34.0 Å². The predicted molar refractivity (Wildman–Crippen MR) is 101 cm³/mol. The van der Waals surface area contributed by atoms with Gasteiger partial charge in [-0.25, -0.2) is 18.4 Å². The summed E-state index contributed by atoms with van der Waals surface area (Å²) in [6.07, 6.45) is 4.42. The van der Waals surface area contributed by atoms with Gasteiger partial charge in [-0.15, -0.1) is 0 Å². The first-order valence-electron chi connectivity index (χ1n) is 7.68. The van der Waals surface area contributed by atoms with E-state index in [1.54, 1.807) is 48.8 Å². The lowest BCUT2D eigenvalue weighted by Gasteiger charge is -2.04. The molecule has 0 bridgehead atoms. The monoisotopic (exact) mass is 384 g/mol. The molecule has 2 aromatic heterocycles. The van der Waals surface area contributed by atoms with Gasteiger partial charge in [0.2, 0.25) is 0 Å². The van der Waals surface area contributed by atoms with Crippen LogP contribution in [0, 0.1) is 0 Å². The molecule has 0 saturated carbocycles. The van der Waals surface area contributed by atoms with Gasteiger partial charge >= 0.3 is 0 Å². The fourth-order valence-corrected chi connectivity index (χ4v) is 3.40. The van der Waals surface area contributed by atoms with Crippen LogP contribution in [0.2, 0.25) is 5.02 Å². The number of fused-ring (bicyclic) bond motifs is 1. The third kappa shape index (κ3) is 3.18. The first-order valence-corrected chi connectivity index (χ1v) is 9.95. The second kappa shape index (κ2) is 6.19. The van der Waals surface area contributed by atoms with Crippen LogP contribution in [-0.4, -0.2) is 34.6 Å². The highest BCUT2D eigenvalue weighted by molar-refractivity contribution is 7.90. The molecule has 0 radical (unpaired) electrons. The molecule has 4 rings (SSSR count). The Morgan fingerprint density at radius 2 is 1.69 bits per heavy atom. The maximum atomic E-state index is 11.6. The van der Waals surface area contributed by atoms with Crippen molar-refractivity contribution in [1.82, 2.24) is 19.9 Å². The van der Waals surface area contributed by atoms with Crippen LogP contribution in [0.3, 0.4) is 0 Å². The molecule has 2 aromatic carbocycles. The average Bonchev–Trinajstić information content (AvgIpc) is 3.04. The summed E-state index contributed by atoms with van der Waals surface area (Å²) in [6.45, 7) is 0. The molecule has 0 saturated heterocycles. The van der Waals surface area contributed by atoms with Crippen LogP contribution in [0.25, 0.3) is 33.8 Å². The average molecular weight is 385 g/mol. The summed E-state index contributed by atoms with van der Waals surface area (Å²) in [5.41, 5.74) is 3.58. The first kappa shape index (κ1) is 16.7. The Bertz CT molecular complexity index is 1220. The number of nitrogens with one attached hydrogen (secondary N) is 1. The molecule has 0 fully saturated rings. The molecule has 0 aliphatic carbocycles. The van der Waals surface area contributed by atoms with Crippen LogP contribution >= 0.6 is 11.6 Å². The highest BCUT2D eigenvalue weighted by atomic mass is 35.5. The number of imidazole rings is 1. The van der Waals surface area contributed by atoms with Crippen molar-refractivity contribution in [2.75, 3.05) is 6.26 Å². The molecule has 8 heteroatoms. The van der Waals surface area contributed by atoms with Gasteiger partial charge in [-0.2, -0.15) is 0 Å². The van der Waals surface area contributed by atoms with E-state index in [2.05, 4.69) is 19.9 Å². The Morgan fingerprint density at radius 3 is 2.42 bits per heavy atom. The van der Waals surface area contributed by atoms with Gasteiger partial charge in [0, 0.05) is 16.8 Å². The Morgan fingerprint density at radius 1 is 0.962 bits per heavy atom. The van der Waals surface area contributed by atoms with Gasteiger partial charge in [0.15, 0.2) is 15.7 Å². The minimum Gasteiger partial charge on any atom is -0.337 e. The van der Waals surface area contributed by atoms with E-state index in [0.717, 1.165) is 16.6 Å². The zero-order chi connectivity index (χ0) is 18.3. The fraction of sp³-hybridized carbons (Fsp3) is 0.0556. The van der Waals surface area contributed by atoms with Crippen molar-refractivity contribution in [3.8, 4) is 22.8 Å². The lowest BCUT2D eigenvalue weighted by atomic mass is 10.1. The van der Waals surface area contributed by atoms with Gasteiger partial charge < -0.3 is 4.98 Å². The molecule has 130 valence electrons. The van der Waals surface area contributed by atoms with E-state index in [-0.39, 0.29) is 4.90 Å². The number of hydrogen-bond acceptors (Lipinski definition) is 5.